The molecule has 0 spiro atoms. The van der Waals surface area contributed by atoms with Crippen LogP contribution in [0.5, 0.6) is 0 Å². The van der Waals surface area contributed by atoms with E-state index >= 15 is 0 Å². The van der Waals surface area contributed by atoms with Crippen LogP contribution in [0.4, 0.5) is 19.1 Å². The van der Waals surface area contributed by atoms with Gasteiger partial charge in [-0.15, -0.1) is 0 Å². The summed E-state index contributed by atoms with van der Waals surface area (Å²) >= 11 is 0. The van der Waals surface area contributed by atoms with Gasteiger partial charge in [-0.05, 0) is 44.2 Å². The van der Waals surface area contributed by atoms with Crippen LogP contribution in [-0.4, -0.2) is 75.1 Å². The summed E-state index contributed by atoms with van der Waals surface area (Å²) in [4.78, 5) is 38.4. The van der Waals surface area contributed by atoms with Crippen molar-refractivity contribution in [3.8, 4) is 0 Å². The molecule has 9 nitrogen and oxygen atoms in total. The van der Waals surface area contributed by atoms with Gasteiger partial charge in [0.2, 0.25) is 11.9 Å². The van der Waals surface area contributed by atoms with Gasteiger partial charge in [0.15, 0.2) is 0 Å². The lowest BCUT2D eigenvalue weighted by Crippen LogP contribution is -2.51. The van der Waals surface area contributed by atoms with Crippen molar-refractivity contribution in [1.82, 2.24) is 30.0 Å². The maximum atomic E-state index is 13.0. The van der Waals surface area contributed by atoms with Gasteiger partial charge in [0.25, 0.3) is 5.56 Å². The summed E-state index contributed by atoms with van der Waals surface area (Å²) in [5, 5.41) is 6.90. The standard InChI is InChI=1S/C22H26F3N7O2/c23-22(24,25)15-11-26-21(27-12-15)31-8-6-30(7-9-31)19(33)13-32-5-1-2-18(32)17-10-16(14-3-4-14)20(34)29-28-17/h10-12,14,18H,1-9,13H2,(H,29,34). The second-order valence-electron chi connectivity index (χ2n) is 9.12. The second-order valence-corrected chi connectivity index (χ2v) is 9.12. The SMILES string of the molecule is O=C(CN1CCCC1c1cc(C2CC2)c(=O)[nH]n1)N1CCN(c2ncc(C(F)(F)F)cn2)CC1. The quantitative estimate of drug-likeness (QED) is 0.703. The number of nitrogens with zero attached hydrogens (tertiary/aromatic N) is 6. The second kappa shape index (κ2) is 8.97. The van der Waals surface area contributed by atoms with Crippen molar-refractivity contribution in [2.24, 2.45) is 0 Å². The topological polar surface area (TPSA) is 98.3 Å². The fourth-order valence-electron chi connectivity index (χ4n) is 4.72. The van der Waals surface area contributed by atoms with Crippen LogP contribution in [0.15, 0.2) is 23.3 Å². The summed E-state index contributed by atoms with van der Waals surface area (Å²) in [6.07, 6.45) is 0.999. The van der Waals surface area contributed by atoms with Gasteiger partial charge in [0.1, 0.15) is 0 Å². The molecular formula is C22H26F3N7O2. The molecule has 12 heteroatoms. The number of anilines is 1. The minimum atomic E-state index is -4.47. The van der Waals surface area contributed by atoms with Crippen molar-refractivity contribution in [3.63, 3.8) is 0 Å². The maximum Gasteiger partial charge on any atom is 0.419 e. The van der Waals surface area contributed by atoms with E-state index in [0.717, 1.165) is 55.9 Å². The Morgan fingerprint density at radius 2 is 1.76 bits per heavy atom. The number of likely N-dealkylation sites (tertiary alicyclic amines) is 1. The minimum absolute atomic E-state index is 0.000126. The molecule has 0 bridgehead atoms. The minimum Gasteiger partial charge on any atom is -0.338 e. The van der Waals surface area contributed by atoms with E-state index in [1.165, 1.54) is 0 Å². The number of hydrogen-bond donors (Lipinski definition) is 1. The van der Waals surface area contributed by atoms with Gasteiger partial charge in [-0.25, -0.2) is 15.1 Å². The molecule has 34 heavy (non-hydrogen) atoms. The van der Waals surface area contributed by atoms with Crippen LogP contribution >= 0.6 is 0 Å². The monoisotopic (exact) mass is 477 g/mol. The third kappa shape index (κ3) is 4.77. The fraction of sp³-hybridized carbons (Fsp3) is 0.591. The number of piperazine rings is 1. The van der Waals surface area contributed by atoms with Crippen molar-refractivity contribution >= 4 is 11.9 Å². The van der Waals surface area contributed by atoms with Crippen LogP contribution in [0.2, 0.25) is 0 Å². The summed E-state index contributed by atoms with van der Waals surface area (Å²) in [6.45, 7) is 2.85. The molecule has 2 aromatic rings. The number of rotatable bonds is 5. The number of H-pyrrole nitrogens is 1. The highest BCUT2D eigenvalue weighted by Crippen LogP contribution is 2.39. The first kappa shape index (κ1) is 22.8. The molecule has 1 atom stereocenters. The molecule has 1 saturated carbocycles. The predicted octanol–water partition coefficient (Wildman–Crippen LogP) is 1.94. The Kier molecular flexibility index (Phi) is 6.00. The van der Waals surface area contributed by atoms with Gasteiger partial charge >= 0.3 is 6.18 Å². The van der Waals surface area contributed by atoms with Crippen molar-refractivity contribution in [3.05, 3.63) is 45.6 Å². The molecule has 3 aliphatic rings. The molecule has 1 amide bonds. The molecule has 5 rings (SSSR count). The van der Waals surface area contributed by atoms with Crippen LogP contribution in [-0.2, 0) is 11.0 Å². The molecule has 1 N–H and O–H groups in total. The van der Waals surface area contributed by atoms with E-state index in [2.05, 4.69) is 25.1 Å². The zero-order valence-corrected chi connectivity index (χ0v) is 18.6. The molecule has 2 saturated heterocycles. The molecule has 1 unspecified atom stereocenters. The third-order valence-corrected chi connectivity index (χ3v) is 6.79. The van der Waals surface area contributed by atoms with E-state index in [9.17, 15) is 22.8 Å². The Labute approximate surface area is 194 Å². The zero-order chi connectivity index (χ0) is 23.9. The molecule has 4 heterocycles. The van der Waals surface area contributed by atoms with Crippen LogP contribution in [0.25, 0.3) is 0 Å². The molecule has 0 aromatic carbocycles. The first-order valence-electron chi connectivity index (χ1n) is 11.5. The van der Waals surface area contributed by atoms with Crippen LogP contribution in [0.1, 0.15) is 54.5 Å². The Morgan fingerprint density at radius 1 is 1.06 bits per heavy atom. The van der Waals surface area contributed by atoms with Gasteiger partial charge in [0.05, 0.1) is 23.8 Å². The molecule has 3 fully saturated rings. The number of hydrogen-bond acceptors (Lipinski definition) is 7. The lowest BCUT2D eigenvalue weighted by Gasteiger charge is -2.36. The Bertz CT molecular complexity index is 1090. The number of amides is 1. The number of alkyl halides is 3. The highest BCUT2D eigenvalue weighted by atomic mass is 19.4. The van der Waals surface area contributed by atoms with E-state index in [1.54, 1.807) is 9.80 Å². The van der Waals surface area contributed by atoms with Crippen molar-refractivity contribution in [2.75, 3.05) is 44.2 Å². The Hall–Kier alpha value is -3.02. The predicted molar refractivity (Wildman–Crippen MR) is 116 cm³/mol. The average Bonchev–Trinajstić information content (AvgIpc) is 3.57. The van der Waals surface area contributed by atoms with Gasteiger partial charge in [0, 0.05) is 44.1 Å². The molecule has 2 aromatic heterocycles. The number of carbonyl (C=O) groups excluding carboxylic acids is 1. The van der Waals surface area contributed by atoms with Gasteiger partial charge in [-0.2, -0.15) is 18.3 Å². The van der Waals surface area contributed by atoms with E-state index in [-0.39, 0.29) is 30.0 Å². The largest absolute Gasteiger partial charge is 0.419 e. The number of aromatic amines is 1. The number of aromatic nitrogens is 4. The summed E-state index contributed by atoms with van der Waals surface area (Å²) in [7, 11) is 0. The highest BCUT2D eigenvalue weighted by molar-refractivity contribution is 5.78. The van der Waals surface area contributed by atoms with Gasteiger partial charge in [-0.3, -0.25) is 14.5 Å². The summed E-state index contributed by atoms with van der Waals surface area (Å²) < 4.78 is 38.2. The van der Waals surface area contributed by atoms with Gasteiger partial charge < -0.3 is 9.80 Å². The van der Waals surface area contributed by atoms with E-state index in [0.29, 0.717) is 32.1 Å². The average molecular weight is 477 g/mol. The normalized spacial score (nSPS) is 21.8. The highest BCUT2D eigenvalue weighted by Gasteiger charge is 2.34. The first-order valence-corrected chi connectivity index (χ1v) is 11.5. The Balaban J connectivity index is 1.18. The van der Waals surface area contributed by atoms with Crippen LogP contribution in [0.3, 0.4) is 0 Å². The van der Waals surface area contributed by atoms with Crippen molar-refractivity contribution in [2.45, 2.75) is 43.8 Å². The van der Waals surface area contributed by atoms with E-state index in [4.69, 9.17) is 0 Å². The van der Waals surface area contributed by atoms with E-state index < -0.39 is 11.7 Å². The smallest absolute Gasteiger partial charge is 0.338 e. The number of halogens is 3. The van der Waals surface area contributed by atoms with Crippen LogP contribution in [0, 0.1) is 0 Å². The van der Waals surface area contributed by atoms with Gasteiger partial charge in [-0.1, -0.05) is 0 Å². The molecule has 182 valence electrons. The first-order chi connectivity index (χ1) is 16.3. The number of nitrogens with one attached hydrogen (secondary N) is 1. The molecule has 1 aliphatic carbocycles. The lowest BCUT2D eigenvalue weighted by atomic mass is 10.1. The molecule has 2 aliphatic heterocycles. The summed E-state index contributed by atoms with van der Waals surface area (Å²) in [5.41, 5.74) is 0.606. The molecular weight excluding hydrogens is 451 g/mol. The summed E-state index contributed by atoms with van der Waals surface area (Å²) in [5.74, 6) is 0.564. The fourth-order valence-corrected chi connectivity index (χ4v) is 4.72. The van der Waals surface area contributed by atoms with Crippen LogP contribution < -0.4 is 10.5 Å². The molecule has 0 radical (unpaired) electrons. The van der Waals surface area contributed by atoms with Crippen molar-refractivity contribution < 1.29 is 18.0 Å². The Morgan fingerprint density at radius 3 is 2.41 bits per heavy atom. The summed E-state index contributed by atoms with van der Waals surface area (Å²) in [6, 6.07) is 1.91. The zero-order valence-electron chi connectivity index (χ0n) is 18.6. The number of carbonyl (C=O) groups is 1. The lowest BCUT2D eigenvalue weighted by molar-refractivity contribution is -0.138. The third-order valence-electron chi connectivity index (χ3n) is 6.79. The van der Waals surface area contributed by atoms with E-state index in [1.807, 2.05) is 6.07 Å². The maximum absolute atomic E-state index is 13.0. The van der Waals surface area contributed by atoms with Crippen molar-refractivity contribution in [1.29, 1.82) is 0 Å².